The Bertz CT molecular complexity index is 1330. The molecular weight excluding hydrogens is 425 g/mol. The second-order valence-corrected chi connectivity index (χ2v) is 8.70. The smallest absolute Gasteiger partial charge is 0.285 e. The van der Waals surface area contributed by atoms with Crippen molar-refractivity contribution in [2.24, 2.45) is 4.40 Å². The highest BCUT2D eigenvalue weighted by Gasteiger charge is 2.16. The molecule has 0 amide bonds. The summed E-state index contributed by atoms with van der Waals surface area (Å²) in [5.41, 5.74) is 1.60. The molecule has 1 aromatic heterocycles. The van der Waals surface area contributed by atoms with E-state index in [2.05, 4.69) is 9.38 Å². The summed E-state index contributed by atoms with van der Waals surface area (Å²) in [6, 6.07) is 21.2. The van der Waals surface area contributed by atoms with E-state index in [1.807, 2.05) is 42.5 Å². The van der Waals surface area contributed by atoms with Crippen LogP contribution in [0.4, 0.5) is 4.39 Å². The van der Waals surface area contributed by atoms with Gasteiger partial charge in [-0.25, -0.2) is 8.35 Å². The molecule has 0 bridgehead atoms. The third-order valence-electron chi connectivity index (χ3n) is 4.22. The molecule has 9 heteroatoms. The molecule has 152 valence electrons. The third-order valence-corrected chi connectivity index (χ3v) is 6.52. The number of rotatable bonds is 5. The van der Waals surface area contributed by atoms with Gasteiger partial charge in [-0.05, 0) is 72.2 Å². The van der Waals surface area contributed by atoms with E-state index in [1.165, 1.54) is 12.1 Å². The van der Waals surface area contributed by atoms with Crippen LogP contribution in [0.3, 0.4) is 0 Å². The Balaban J connectivity index is 1.86. The number of nitrogens with zero attached hydrogens (tertiary/aromatic N) is 3. The van der Waals surface area contributed by atoms with Crippen molar-refractivity contribution in [2.45, 2.75) is 4.90 Å². The van der Waals surface area contributed by atoms with Gasteiger partial charge in [0.1, 0.15) is 11.6 Å². The van der Waals surface area contributed by atoms with Gasteiger partial charge in [0.25, 0.3) is 10.0 Å². The maximum atomic E-state index is 13.1. The van der Waals surface area contributed by atoms with E-state index in [4.69, 9.17) is 4.74 Å². The Morgan fingerprint density at radius 3 is 2.27 bits per heavy atom. The fourth-order valence-corrected chi connectivity index (χ4v) is 4.75. The van der Waals surface area contributed by atoms with E-state index in [-0.39, 0.29) is 9.70 Å². The number of halogens is 1. The zero-order chi connectivity index (χ0) is 21.1. The van der Waals surface area contributed by atoms with Gasteiger partial charge < -0.3 is 4.74 Å². The van der Waals surface area contributed by atoms with Gasteiger partial charge in [0, 0.05) is 5.56 Å². The fourth-order valence-electron chi connectivity index (χ4n) is 2.74. The molecule has 30 heavy (non-hydrogen) atoms. The Morgan fingerprint density at radius 2 is 1.63 bits per heavy atom. The number of para-hydroxylation sites is 1. The van der Waals surface area contributed by atoms with Gasteiger partial charge >= 0.3 is 0 Å². The van der Waals surface area contributed by atoms with Crippen molar-refractivity contribution in [1.29, 1.82) is 0 Å². The van der Waals surface area contributed by atoms with Crippen LogP contribution in [0.2, 0.25) is 0 Å². The first kappa shape index (κ1) is 20.0. The largest absolute Gasteiger partial charge is 0.497 e. The monoisotopic (exact) mass is 441 g/mol. The first-order valence-electron chi connectivity index (χ1n) is 8.83. The van der Waals surface area contributed by atoms with Crippen molar-refractivity contribution in [1.82, 2.24) is 8.94 Å². The zero-order valence-corrected chi connectivity index (χ0v) is 17.4. The summed E-state index contributed by atoms with van der Waals surface area (Å²) in [5, 5.41) is 0. The lowest BCUT2D eigenvalue weighted by Crippen LogP contribution is -2.06. The van der Waals surface area contributed by atoms with Gasteiger partial charge in [-0.2, -0.15) is 13.4 Å². The molecular formula is C21H16FN3O3S2. The number of ether oxygens (including phenoxy) is 1. The maximum absolute atomic E-state index is 13.1. The number of benzene rings is 3. The van der Waals surface area contributed by atoms with Crippen molar-refractivity contribution in [3.05, 3.63) is 89.5 Å². The Morgan fingerprint density at radius 1 is 0.967 bits per heavy atom. The number of sulfonamides is 1. The van der Waals surface area contributed by atoms with Gasteiger partial charge in [0.05, 0.1) is 17.7 Å². The Labute approximate surface area is 176 Å². The fraction of sp³-hybridized carbons (Fsp3) is 0.0476. The number of methoxy groups -OCH3 is 1. The summed E-state index contributed by atoms with van der Waals surface area (Å²) < 4.78 is 49.3. The van der Waals surface area contributed by atoms with Crippen LogP contribution >= 0.6 is 11.5 Å². The van der Waals surface area contributed by atoms with Crippen LogP contribution < -0.4 is 9.54 Å². The molecule has 0 aliphatic carbocycles. The molecule has 0 radical (unpaired) electrons. The second kappa shape index (κ2) is 8.21. The minimum absolute atomic E-state index is 0.0639. The third kappa shape index (κ3) is 4.17. The normalized spacial score (nSPS) is 12.1. The van der Waals surface area contributed by atoms with Crippen molar-refractivity contribution < 1.29 is 17.5 Å². The lowest BCUT2D eigenvalue weighted by molar-refractivity contribution is 0.415. The standard InChI is InChI=1S/C21H16FN3O3S2/c1-28-18-11-7-15(8-12-18)20-23-21(29-25(20)17-5-3-2-4-6-17)24-30(26,27)19-13-9-16(22)10-14-19/h2-14H,1H3. The summed E-state index contributed by atoms with van der Waals surface area (Å²) in [7, 11) is -2.45. The molecule has 0 fully saturated rings. The van der Waals surface area contributed by atoms with Crippen LogP contribution in [-0.4, -0.2) is 24.5 Å². The molecule has 4 rings (SSSR count). The van der Waals surface area contributed by atoms with Crippen LogP contribution in [0.1, 0.15) is 0 Å². The summed E-state index contributed by atoms with van der Waals surface area (Å²) in [6.07, 6.45) is 0. The molecule has 0 saturated heterocycles. The zero-order valence-electron chi connectivity index (χ0n) is 15.8. The van der Waals surface area contributed by atoms with Crippen molar-refractivity contribution in [3.63, 3.8) is 0 Å². The van der Waals surface area contributed by atoms with Crippen LogP contribution in [-0.2, 0) is 10.0 Å². The van der Waals surface area contributed by atoms with Gasteiger partial charge in [0.15, 0.2) is 5.82 Å². The second-order valence-electron chi connectivity index (χ2n) is 6.19. The molecule has 0 spiro atoms. The maximum Gasteiger partial charge on any atom is 0.285 e. The lowest BCUT2D eigenvalue weighted by atomic mass is 10.2. The van der Waals surface area contributed by atoms with Crippen LogP contribution in [0.25, 0.3) is 17.1 Å². The number of hydrogen-bond donors (Lipinski definition) is 0. The minimum Gasteiger partial charge on any atom is -0.497 e. The van der Waals surface area contributed by atoms with Crippen LogP contribution in [0.5, 0.6) is 5.75 Å². The average molecular weight is 442 g/mol. The summed E-state index contributed by atoms with van der Waals surface area (Å²) >= 11 is 1.10. The number of hydrogen-bond acceptors (Lipinski definition) is 5. The van der Waals surface area contributed by atoms with Gasteiger partial charge in [-0.15, -0.1) is 4.40 Å². The van der Waals surface area contributed by atoms with E-state index >= 15 is 0 Å². The Kier molecular flexibility index (Phi) is 5.47. The first-order chi connectivity index (χ1) is 14.5. The molecule has 0 unspecified atom stereocenters. The first-order valence-corrected chi connectivity index (χ1v) is 11.0. The molecule has 1 heterocycles. The molecule has 4 aromatic rings. The molecule has 3 aromatic carbocycles. The molecule has 0 saturated carbocycles. The molecule has 0 atom stereocenters. The highest BCUT2D eigenvalue weighted by atomic mass is 32.2. The predicted molar refractivity (Wildman–Crippen MR) is 113 cm³/mol. The summed E-state index contributed by atoms with van der Waals surface area (Å²) in [6.45, 7) is 0. The lowest BCUT2D eigenvalue weighted by Gasteiger charge is -2.06. The quantitative estimate of drug-likeness (QED) is 0.469. The van der Waals surface area contributed by atoms with Gasteiger partial charge in [-0.1, -0.05) is 18.2 Å². The highest BCUT2D eigenvalue weighted by Crippen LogP contribution is 2.24. The van der Waals surface area contributed by atoms with Crippen molar-refractivity contribution >= 4 is 21.6 Å². The van der Waals surface area contributed by atoms with E-state index < -0.39 is 15.8 Å². The minimum atomic E-state index is -4.04. The molecule has 0 N–H and O–H groups in total. The topological polar surface area (TPSA) is 73.6 Å². The predicted octanol–water partition coefficient (Wildman–Crippen LogP) is 4.04. The molecule has 0 aliphatic rings. The SMILES string of the molecule is COc1ccc(-c2nc(=NS(=O)(=O)c3ccc(F)cc3)sn2-c2ccccc2)cc1. The van der Waals surface area contributed by atoms with E-state index in [9.17, 15) is 12.8 Å². The van der Waals surface area contributed by atoms with Gasteiger partial charge in [-0.3, -0.25) is 0 Å². The van der Waals surface area contributed by atoms with E-state index in [0.717, 1.165) is 34.9 Å². The summed E-state index contributed by atoms with van der Waals surface area (Å²) in [5.74, 6) is 0.720. The highest BCUT2D eigenvalue weighted by molar-refractivity contribution is 7.90. The number of aromatic nitrogens is 2. The molecule has 0 aliphatic heterocycles. The average Bonchev–Trinajstić information content (AvgIpc) is 3.18. The summed E-state index contributed by atoms with van der Waals surface area (Å²) in [4.78, 5) is 4.42. The van der Waals surface area contributed by atoms with Gasteiger partial charge in [0.2, 0.25) is 4.80 Å². The van der Waals surface area contributed by atoms with E-state index in [0.29, 0.717) is 11.6 Å². The van der Waals surface area contributed by atoms with Crippen LogP contribution in [0, 0.1) is 5.82 Å². The Hall–Kier alpha value is -3.30. The van der Waals surface area contributed by atoms with Crippen molar-refractivity contribution in [2.75, 3.05) is 7.11 Å². The van der Waals surface area contributed by atoms with E-state index in [1.54, 1.807) is 23.2 Å². The van der Waals surface area contributed by atoms with Crippen LogP contribution in [0.15, 0.2) is 88.2 Å². The molecule has 6 nitrogen and oxygen atoms in total. The van der Waals surface area contributed by atoms with Crippen molar-refractivity contribution in [3.8, 4) is 22.8 Å².